The van der Waals surface area contributed by atoms with E-state index in [0.717, 1.165) is 5.56 Å². The van der Waals surface area contributed by atoms with Crippen LogP contribution in [0.3, 0.4) is 0 Å². The van der Waals surface area contributed by atoms with Gasteiger partial charge in [-0.25, -0.2) is 17.9 Å². The normalized spacial score (nSPS) is 11.2. The Kier molecular flexibility index (Phi) is 6.88. The lowest BCUT2D eigenvalue weighted by Crippen LogP contribution is -2.26. The van der Waals surface area contributed by atoms with Crippen LogP contribution >= 0.6 is 0 Å². The lowest BCUT2D eigenvalue weighted by molar-refractivity contribution is 0.0600. The van der Waals surface area contributed by atoms with Gasteiger partial charge in [0, 0.05) is 12.1 Å². The summed E-state index contributed by atoms with van der Waals surface area (Å²) in [6, 6.07) is 14.3. The molecular weight excluding hydrogens is 420 g/mol. The number of aryl methyl sites for hydroxylation is 1. The van der Waals surface area contributed by atoms with Crippen molar-refractivity contribution in [2.45, 2.75) is 24.9 Å². The number of hydrogen-bond donors (Lipinski definition) is 2. The molecule has 8 nitrogen and oxygen atoms in total. The topological polar surface area (TPSA) is 115 Å². The van der Waals surface area contributed by atoms with E-state index in [4.69, 9.17) is 4.42 Å². The average molecular weight is 442 g/mol. The summed E-state index contributed by atoms with van der Waals surface area (Å²) < 4.78 is 37.4. The number of benzene rings is 2. The molecule has 3 rings (SSSR count). The maximum absolute atomic E-state index is 12.7. The fraction of sp³-hybridized carbons (Fsp3) is 0.182. The Balaban J connectivity index is 1.69. The third-order valence-corrected chi connectivity index (χ3v) is 6.01. The SMILES string of the molecule is COC(=O)c1ccc(CNC(=O)c2cc(S(=O)(=O)NCc3ccco3)ccc2C)cc1. The molecule has 0 unspecified atom stereocenters. The maximum Gasteiger partial charge on any atom is 0.337 e. The molecule has 31 heavy (non-hydrogen) atoms. The molecular formula is C22H22N2O6S. The van der Waals surface area contributed by atoms with Crippen LogP contribution in [-0.2, 0) is 27.8 Å². The van der Waals surface area contributed by atoms with Crippen molar-refractivity contribution in [3.63, 3.8) is 0 Å². The number of carbonyl (C=O) groups excluding carboxylic acids is 2. The van der Waals surface area contributed by atoms with E-state index < -0.39 is 21.9 Å². The summed E-state index contributed by atoms with van der Waals surface area (Å²) in [5.74, 6) is -0.366. The van der Waals surface area contributed by atoms with Gasteiger partial charge in [-0.05, 0) is 54.4 Å². The van der Waals surface area contributed by atoms with Gasteiger partial charge in [0.25, 0.3) is 5.91 Å². The highest BCUT2D eigenvalue weighted by molar-refractivity contribution is 7.89. The smallest absolute Gasteiger partial charge is 0.337 e. The molecule has 0 saturated carbocycles. The Hall–Kier alpha value is -3.43. The van der Waals surface area contributed by atoms with Gasteiger partial charge in [-0.2, -0.15) is 0 Å². The van der Waals surface area contributed by atoms with Crippen molar-refractivity contribution in [1.82, 2.24) is 10.0 Å². The van der Waals surface area contributed by atoms with Crippen molar-refractivity contribution in [2.24, 2.45) is 0 Å². The monoisotopic (exact) mass is 442 g/mol. The number of furan rings is 1. The molecule has 0 radical (unpaired) electrons. The minimum Gasteiger partial charge on any atom is -0.468 e. The summed E-state index contributed by atoms with van der Waals surface area (Å²) >= 11 is 0. The largest absolute Gasteiger partial charge is 0.468 e. The first kappa shape index (κ1) is 22.3. The summed E-state index contributed by atoms with van der Waals surface area (Å²) in [6.45, 7) is 1.95. The minimum absolute atomic E-state index is 0.00626. The molecule has 0 saturated heterocycles. The molecule has 1 amide bonds. The molecule has 1 heterocycles. The second-order valence-electron chi connectivity index (χ2n) is 6.75. The second-order valence-corrected chi connectivity index (χ2v) is 8.52. The number of sulfonamides is 1. The molecule has 1 aromatic heterocycles. The predicted octanol–water partition coefficient (Wildman–Crippen LogP) is 2.78. The quantitative estimate of drug-likeness (QED) is 0.519. The molecule has 0 atom stereocenters. The van der Waals surface area contributed by atoms with Gasteiger partial charge in [-0.15, -0.1) is 0 Å². The maximum atomic E-state index is 12.7. The molecule has 0 fully saturated rings. The van der Waals surface area contributed by atoms with Gasteiger partial charge in [0.05, 0.1) is 30.4 Å². The van der Waals surface area contributed by atoms with Gasteiger partial charge < -0.3 is 14.5 Å². The van der Waals surface area contributed by atoms with E-state index in [2.05, 4.69) is 14.8 Å². The molecule has 2 N–H and O–H groups in total. The van der Waals surface area contributed by atoms with E-state index in [9.17, 15) is 18.0 Å². The Morgan fingerprint density at radius 3 is 2.42 bits per heavy atom. The van der Waals surface area contributed by atoms with Crippen LogP contribution in [0.2, 0.25) is 0 Å². The van der Waals surface area contributed by atoms with Crippen LogP contribution in [0.5, 0.6) is 0 Å². The Morgan fingerprint density at radius 2 is 1.77 bits per heavy atom. The lowest BCUT2D eigenvalue weighted by atomic mass is 10.1. The van der Waals surface area contributed by atoms with Crippen molar-refractivity contribution >= 4 is 21.9 Å². The van der Waals surface area contributed by atoms with Gasteiger partial charge in [-0.3, -0.25) is 4.79 Å². The molecule has 3 aromatic rings. The van der Waals surface area contributed by atoms with Crippen LogP contribution in [0.4, 0.5) is 0 Å². The first-order chi connectivity index (χ1) is 14.8. The minimum atomic E-state index is -3.83. The van der Waals surface area contributed by atoms with Gasteiger partial charge in [-0.1, -0.05) is 18.2 Å². The zero-order valence-electron chi connectivity index (χ0n) is 17.0. The number of methoxy groups -OCH3 is 1. The summed E-state index contributed by atoms with van der Waals surface area (Å²) in [7, 11) is -2.52. The standard InChI is InChI=1S/C22H22N2O6S/c1-15-5-10-19(31(27,28)24-14-18-4-3-11-30-18)12-20(15)21(25)23-13-16-6-8-17(9-7-16)22(26)29-2/h3-12,24H,13-14H2,1-2H3,(H,23,25). The van der Waals surface area contributed by atoms with E-state index in [1.807, 2.05) is 0 Å². The highest BCUT2D eigenvalue weighted by Gasteiger charge is 2.18. The number of nitrogens with one attached hydrogen (secondary N) is 2. The first-order valence-corrected chi connectivity index (χ1v) is 10.9. The van der Waals surface area contributed by atoms with Crippen LogP contribution in [0.25, 0.3) is 0 Å². The van der Waals surface area contributed by atoms with Gasteiger partial charge in [0.15, 0.2) is 0 Å². The van der Waals surface area contributed by atoms with E-state index >= 15 is 0 Å². The molecule has 2 aromatic carbocycles. The molecule has 9 heteroatoms. The fourth-order valence-electron chi connectivity index (χ4n) is 2.83. The molecule has 0 aliphatic carbocycles. The Labute approximate surface area is 180 Å². The van der Waals surface area contributed by atoms with Gasteiger partial charge >= 0.3 is 5.97 Å². The summed E-state index contributed by atoms with van der Waals surface area (Å²) in [6.07, 6.45) is 1.46. The van der Waals surface area contributed by atoms with Crippen molar-refractivity contribution in [2.75, 3.05) is 7.11 Å². The summed E-state index contributed by atoms with van der Waals surface area (Å²) in [5.41, 5.74) is 2.09. The second kappa shape index (κ2) is 9.59. The van der Waals surface area contributed by atoms with Gasteiger partial charge in [0.2, 0.25) is 10.0 Å². The Morgan fingerprint density at radius 1 is 1.03 bits per heavy atom. The zero-order valence-corrected chi connectivity index (χ0v) is 17.9. The number of esters is 1. The number of hydrogen-bond acceptors (Lipinski definition) is 6. The third kappa shape index (κ3) is 5.59. The van der Waals surface area contributed by atoms with Crippen molar-refractivity contribution < 1.29 is 27.2 Å². The van der Waals surface area contributed by atoms with E-state index in [1.54, 1.807) is 49.4 Å². The van der Waals surface area contributed by atoms with Crippen LogP contribution in [0.15, 0.2) is 70.2 Å². The predicted molar refractivity (Wildman–Crippen MR) is 113 cm³/mol. The number of carbonyl (C=O) groups is 2. The highest BCUT2D eigenvalue weighted by Crippen LogP contribution is 2.17. The van der Waals surface area contributed by atoms with Crippen molar-refractivity contribution in [1.29, 1.82) is 0 Å². The fourth-order valence-corrected chi connectivity index (χ4v) is 3.85. The zero-order chi connectivity index (χ0) is 22.4. The van der Waals surface area contributed by atoms with Crippen molar-refractivity contribution in [3.8, 4) is 0 Å². The molecule has 0 aliphatic heterocycles. The van der Waals surface area contributed by atoms with Gasteiger partial charge in [0.1, 0.15) is 5.76 Å². The lowest BCUT2D eigenvalue weighted by Gasteiger charge is -2.11. The first-order valence-electron chi connectivity index (χ1n) is 9.38. The molecule has 0 aliphatic rings. The third-order valence-electron chi connectivity index (χ3n) is 4.61. The van der Waals surface area contributed by atoms with Crippen LogP contribution in [-0.4, -0.2) is 27.4 Å². The average Bonchev–Trinajstić information content (AvgIpc) is 3.30. The summed E-state index contributed by atoms with van der Waals surface area (Å²) in [4.78, 5) is 24.1. The van der Waals surface area contributed by atoms with Crippen LogP contribution in [0.1, 0.15) is 37.6 Å². The van der Waals surface area contributed by atoms with Crippen LogP contribution in [0, 0.1) is 6.92 Å². The highest BCUT2D eigenvalue weighted by atomic mass is 32.2. The number of rotatable bonds is 8. The molecule has 162 valence electrons. The van der Waals surface area contributed by atoms with Crippen LogP contribution < -0.4 is 10.0 Å². The van der Waals surface area contributed by atoms with E-state index in [0.29, 0.717) is 16.9 Å². The molecule has 0 bridgehead atoms. The number of ether oxygens (including phenoxy) is 1. The number of amides is 1. The van der Waals surface area contributed by atoms with E-state index in [1.165, 1.54) is 25.5 Å². The summed E-state index contributed by atoms with van der Waals surface area (Å²) in [5, 5.41) is 2.77. The van der Waals surface area contributed by atoms with Crippen molar-refractivity contribution in [3.05, 3.63) is 88.9 Å². The Bertz CT molecular complexity index is 1170. The molecule has 0 spiro atoms. The van der Waals surface area contributed by atoms with E-state index in [-0.39, 0.29) is 23.5 Å².